The maximum atomic E-state index is 5.78. The number of benzene rings is 1. The summed E-state index contributed by atoms with van der Waals surface area (Å²) >= 11 is 10.4. The Hall–Kier alpha value is 0.380. The zero-order valence-electron chi connectivity index (χ0n) is 10.8. The predicted octanol–water partition coefficient (Wildman–Crippen LogP) is 4.37. The third kappa shape index (κ3) is 7.09. The van der Waals surface area contributed by atoms with Gasteiger partial charge in [0.2, 0.25) is 0 Å². The second-order valence-corrected chi connectivity index (χ2v) is 6.62. The first kappa shape index (κ1) is 17.4. The van der Waals surface area contributed by atoms with Crippen LogP contribution in [0.4, 0.5) is 0 Å². The van der Waals surface area contributed by atoms with Crippen LogP contribution in [0.25, 0.3) is 0 Å². The molecule has 0 spiro atoms. The molecule has 0 aliphatic rings. The highest BCUT2D eigenvalue weighted by atomic mass is 79.9. The van der Waals surface area contributed by atoms with Crippen LogP contribution in [0.3, 0.4) is 0 Å². The summed E-state index contributed by atoms with van der Waals surface area (Å²) in [6.45, 7) is 3.37. The average molecular weight is 460 g/mol. The van der Waals surface area contributed by atoms with Crippen molar-refractivity contribution in [3.05, 3.63) is 25.6 Å². The van der Waals surface area contributed by atoms with Gasteiger partial charge in [0.25, 0.3) is 0 Å². The Bertz CT molecular complexity index is 365. The first-order chi connectivity index (χ1) is 9.15. The van der Waals surface area contributed by atoms with Crippen LogP contribution in [0.15, 0.2) is 25.6 Å². The molecule has 0 unspecified atom stereocenters. The number of ether oxygens (including phenoxy) is 2. The lowest BCUT2D eigenvalue weighted by molar-refractivity contribution is 0.199. The van der Waals surface area contributed by atoms with E-state index < -0.39 is 0 Å². The van der Waals surface area contributed by atoms with E-state index in [9.17, 15) is 0 Å². The van der Waals surface area contributed by atoms with E-state index in [2.05, 4.69) is 53.1 Å². The van der Waals surface area contributed by atoms with Crippen LogP contribution in [0, 0.1) is 0 Å². The summed E-state index contributed by atoms with van der Waals surface area (Å²) in [5, 5.41) is 3.31. The van der Waals surface area contributed by atoms with Gasteiger partial charge in [-0.05, 0) is 63.4 Å². The molecule has 1 N–H and O–H groups in total. The smallest absolute Gasteiger partial charge is 0.147 e. The lowest BCUT2D eigenvalue weighted by Gasteiger charge is -2.11. The van der Waals surface area contributed by atoms with Crippen molar-refractivity contribution in [2.75, 3.05) is 33.4 Å². The second kappa shape index (κ2) is 10.2. The van der Waals surface area contributed by atoms with Crippen LogP contribution in [0.2, 0.25) is 0 Å². The molecular formula is C13H18Br3NO2. The Kier molecular flexibility index (Phi) is 9.32. The maximum absolute atomic E-state index is 5.78. The summed E-state index contributed by atoms with van der Waals surface area (Å²) < 4.78 is 13.7. The van der Waals surface area contributed by atoms with Crippen molar-refractivity contribution in [1.82, 2.24) is 5.32 Å². The summed E-state index contributed by atoms with van der Waals surface area (Å²) in [5.74, 6) is 0.857. The quantitative estimate of drug-likeness (QED) is 0.556. The van der Waals surface area contributed by atoms with Gasteiger partial charge in [-0.2, -0.15) is 0 Å². The second-order valence-electron chi connectivity index (χ2n) is 4.00. The summed E-state index contributed by atoms with van der Waals surface area (Å²) in [4.78, 5) is 0. The first-order valence-electron chi connectivity index (χ1n) is 6.12. The van der Waals surface area contributed by atoms with Crippen LogP contribution in [-0.4, -0.2) is 33.4 Å². The van der Waals surface area contributed by atoms with Gasteiger partial charge in [0, 0.05) is 18.1 Å². The van der Waals surface area contributed by atoms with Gasteiger partial charge in [0.05, 0.1) is 22.2 Å². The van der Waals surface area contributed by atoms with E-state index in [0.717, 1.165) is 51.7 Å². The molecule has 0 atom stereocenters. The third-order valence-electron chi connectivity index (χ3n) is 2.44. The molecule has 0 aliphatic carbocycles. The zero-order valence-corrected chi connectivity index (χ0v) is 15.6. The monoisotopic (exact) mass is 457 g/mol. The molecular weight excluding hydrogens is 442 g/mol. The van der Waals surface area contributed by atoms with Gasteiger partial charge in [-0.1, -0.05) is 15.9 Å². The van der Waals surface area contributed by atoms with Crippen LogP contribution in [-0.2, 0) is 4.74 Å². The normalized spacial score (nSPS) is 10.7. The van der Waals surface area contributed by atoms with Crippen molar-refractivity contribution >= 4 is 47.8 Å². The van der Waals surface area contributed by atoms with E-state index in [0.29, 0.717) is 6.61 Å². The third-order valence-corrected chi connectivity index (χ3v) is 4.08. The van der Waals surface area contributed by atoms with Crippen molar-refractivity contribution in [3.8, 4) is 5.75 Å². The molecule has 1 aromatic rings. The number of methoxy groups -OCH3 is 1. The number of halogens is 3. The van der Waals surface area contributed by atoms with E-state index in [4.69, 9.17) is 9.47 Å². The largest absolute Gasteiger partial charge is 0.491 e. The molecule has 0 radical (unpaired) electrons. The Labute approximate surface area is 139 Å². The number of nitrogens with one attached hydrogen (secondary N) is 1. The summed E-state index contributed by atoms with van der Waals surface area (Å²) in [6.07, 6.45) is 2.12. The fourth-order valence-electron chi connectivity index (χ4n) is 1.49. The summed E-state index contributed by atoms with van der Waals surface area (Å²) in [7, 11) is 1.71. The summed E-state index contributed by atoms with van der Waals surface area (Å²) in [5.41, 5.74) is 0. The van der Waals surface area contributed by atoms with Gasteiger partial charge >= 0.3 is 0 Å². The molecule has 0 saturated heterocycles. The van der Waals surface area contributed by atoms with Crippen molar-refractivity contribution in [3.63, 3.8) is 0 Å². The van der Waals surface area contributed by atoms with Gasteiger partial charge in [0.15, 0.2) is 0 Å². The van der Waals surface area contributed by atoms with Crippen LogP contribution >= 0.6 is 47.8 Å². The molecule has 1 aromatic carbocycles. The number of rotatable bonds is 9. The first-order valence-corrected chi connectivity index (χ1v) is 8.50. The molecule has 0 aliphatic heterocycles. The van der Waals surface area contributed by atoms with Gasteiger partial charge in [-0.15, -0.1) is 0 Å². The highest BCUT2D eigenvalue weighted by Gasteiger charge is 2.07. The topological polar surface area (TPSA) is 30.5 Å². The SMILES string of the molecule is COCCNCCCCOc1c(Br)cc(Br)cc1Br. The van der Waals surface area contributed by atoms with Crippen molar-refractivity contribution < 1.29 is 9.47 Å². The molecule has 0 aromatic heterocycles. The fourth-order valence-corrected chi connectivity index (χ4v) is 3.98. The minimum atomic E-state index is 0.713. The van der Waals surface area contributed by atoms with E-state index in [1.165, 1.54) is 0 Å². The van der Waals surface area contributed by atoms with Gasteiger partial charge in [-0.25, -0.2) is 0 Å². The van der Waals surface area contributed by atoms with Gasteiger partial charge in [-0.3, -0.25) is 0 Å². The standard InChI is InChI=1S/C13H18Br3NO2/c1-18-7-5-17-4-2-3-6-19-13-11(15)8-10(14)9-12(13)16/h8-9,17H,2-7H2,1H3. The summed E-state index contributed by atoms with van der Waals surface area (Å²) in [6, 6.07) is 3.96. The van der Waals surface area contributed by atoms with Crippen LogP contribution in [0.1, 0.15) is 12.8 Å². The van der Waals surface area contributed by atoms with Gasteiger partial charge in [0.1, 0.15) is 5.75 Å². The van der Waals surface area contributed by atoms with Crippen molar-refractivity contribution in [2.45, 2.75) is 12.8 Å². The van der Waals surface area contributed by atoms with E-state index >= 15 is 0 Å². The number of hydrogen-bond donors (Lipinski definition) is 1. The lowest BCUT2D eigenvalue weighted by Crippen LogP contribution is -2.20. The van der Waals surface area contributed by atoms with Crippen molar-refractivity contribution in [2.24, 2.45) is 0 Å². The average Bonchev–Trinajstić information content (AvgIpc) is 2.35. The molecule has 0 amide bonds. The molecule has 1 rings (SSSR count). The molecule has 0 fully saturated rings. The minimum absolute atomic E-state index is 0.713. The maximum Gasteiger partial charge on any atom is 0.147 e. The highest BCUT2D eigenvalue weighted by molar-refractivity contribution is 9.11. The Morgan fingerprint density at radius 3 is 2.32 bits per heavy atom. The Balaban J connectivity index is 2.19. The molecule has 19 heavy (non-hydrogen) atoms. The Morgan fingerprint density at radius 2 is 1.68 bits per heavy atom. The van der Waals surface area contributed by atoms with E-state index in [1.54, 1.807) is 7.11 Å². The zero-order chi connectivity index (χ0) is 14.1. The van der Waals surface area contributed by atoms with Crippen LogP contribution in [0.5, 0.6) is 5.75 Å². The predicted molar refractivity (Wildman–Crippen MR) is 89.0 cm³/mol. The minimum Gasteiger partial charge on any atom is -0.491 e. The molecule has 3 nitrogen and oxygen atoms in total. The van der Waals surface area contributed by atoms with Crippen molar-refractivity contribution in [1.29, 1.82) is 0 Å². The van der Waals surface area contributed by atoms with Gasteiger partial charge < -0.3 is 14.8 Å². The molecule has 0 saturated carbocycles. The van der Waals surface area contributed by atoms with E-state index in [1.807, 2.05) is 12.1 Å². The fraction of sp³-hybridized carbons (Fsp3) is 0.538. The molecule has 6 heteroatoms. The lowest BCUT2D eigenvalue weighted by atomic mass is 10.3. The number of unbranched alkanes of at least 4 members (excludes halogenated alkanes) is 1. The van der Waals surface area contributed by atoms with Crippen LogP contribution < -0.4 is 10.1 Å². The molecule has 108 valence electrons. The molecule has 0 bridgehead atoms. The number of hydrogen-bond acceptors (Lipinski definition) is 3. The Morgan fingerprint density at radius 1 is 1.00 bits per heavy atom. The highest BCUT2D eigenvalue weighted by Crippen LogP contribution is 2.36. The molecule has 0 heterocycles. The van der Waals surface area contributed by atoms with E-state index in [-0.39, 0.29) is 0 Å².